The average Bonchev–Trinajstić information content (AvgIpc) is 2.44. The summed E-state index contributed by atoms with van der Waals surface area (Å²) in [4.78, 5) is 35.8. The molecule has 1 aliphatic heterocycles. The monoisotopic (exact) mass is 297 g/mol. The van der Waals surface area contributed by atoms with E-state index in [1.165, 1.54) is 6.08 Å². The van der Waals surface area contributed by atoms with Crippen LogP contribution in [0, 0.1) is 0 Å². The molecular formula is C14H23N3O4. The van der Waals surface area contributed by atoms with Gasteiger partial charge in [0, 0.05) is 19.0 Å². The molecule has 1 fully saturated rings. The molecule has 118 valence electrons. The van der Waals surface area contributed by atoms with E-state index in [-0.39, 0.29) is 24.9 Å². The van der Waals surface area contributed by atoms with Crippen LogP contribution in [0.3, 0.4) is 0 Å². The molecule has 0 aromatic rings. The summed E-state index contributed by atoms with van der Waals surface area (Å²) in [6, 6.07) is -0.448. The summed E-state index contributed by atoms with van der Waals surface area (Å²) < 4.78 is 0. The van der Waals surface area contributed by atoms with Crippen molar-refractivity contribution < 1.29 is 19.5 Å². The van der Waals surface area contributed by atoms with E-state index in [0.29, 0.717) is 13.0 Å². The molecular weight excluding hydrogens is 274 g/mol. The lowest BCUT2D eigenvalue weighted by Crippen LogP contribution is -2.48. The standard InChI is InChI=1S/C14H23N3O4/c1-2-8-15-14(21)16-12(18)10-17-9-4-3-5-11(17)6-7-13(19)20/h2,11H,1,3-10H2,(H,19,20)(H2,15,16,18,21). The van der Waals surface area contributed by atoms with Crippen LogP contribution < -0.4 is 10.6 Å². The highest BCUT2D eigenvalue weighted by Crippen LogP contribution is 2.20. The highest BCUT2D eigenvalue weighted by atomic mass is 16.4. The molecule has 0 aromatic heterocycles. The number of likely N-dealkylation sites (tertiary alicyclic amines) is 1. The molecule has 0 saturated carbocycles. The predicted octanol–water partition coefficient (Wildman–Crippen LogP) is 0.718. The third kappa shape index (κ3) is 6.89. The van der Waals surface area contributed by atoms with E-state index in [9.17, 15) is 14.4 Å². The molecule has 0 aromatic carbocycles. The Kier molecular flexibility index (Phi) is 7.45. The van der Waals surface area contributed by atoms with Crippen LogP contribution in [-0.2, 0) is 9.59 Å². The fraction of sp³-hybridized carbons (Fsp3) is 0.643. The van der Waals surface area contributed by atoms with E-state index in [4.69, 9.17) is 5.11 Å². The number of carbonyl (C=O) groups is 3. The Morgan fingerprint density at radius 3 is 2.76 bits per heavy atom. The molecule has 1 heterocycles. The second-order valence-corrected chi connectivity index (χ2v) is 5.10. The summed E-state index contributed by atoms with van der Waals surface area (Å²) in [6.45, 7) is 4.63. The fourth-order valence-electron chi connectivity index (χ4n) is 2.44. The van der Waals surface area contributed by atoms with Gasteiger partial charge >= 0.3 is 12.0 Å². The van der Waals surface area contributed by atoms with Gasteiger partial charge in [0.2, 0.25) is 5.91 Å². The largest absolute Gasteiger partial charge is 0.481 e. The molecule has 1 rings (SSSR count). The van der Waals surface area contributed by atoms with Gasteiger partial charge in [0.1, 0.15) is 0 Å². The first-order chi connectivity index (χ1) is 10.0. The van der Waals surface area contributed by atoms with Gasteiger partial charge in [-0.1, -0.05) is 12.5 Å². The molecule has 3 amide bonds. The smallest absolute Gasteiger partial charge is 0.321 e. The number of nitrogens with zero attached hydrogens (tertiary/aromatic N) is 1. The van der Waals surface area contributed by atoms with Gasteiger partial charge in [0.25, 0.3) is 0 Å². The van der Waals surface area contributed by atoms with E-state index < -0.39 is 12.0 Å². The SMILES string of the molecule is C=CCNC(=O)NC(=O)CN1CCCCC1CCC(=O)O. The second-order valence-electron chi connectivity index (χ2n) is 5.10. The maximum atomic E-state index is 11.8. The molecule has 7 heteroatoms. The Labute approximate surface area is 124 Å². The molecule has 7 nitrogen and oxygen atoms in total. The zero-order chi connectivity index (χ0) is 15.7. The summed E-state index contributed by atoms with van der Waals surface area (Å²) in [6.07, 6.45) is 5.08. The molecule has 0 radical (unpaired) electrons. The number of nitrogens with one attached hydrogen (secondary N) is 2. The number of piperidine rings is 1. The van der Waals surface area contributed by atoms with Crippen LogP contribution in [-0.4, -0.2) is 53.6 Å². The summed E-state index contributed by atoms with van der Waals surface area (Å²) in [5, 5.41) is 13.5. The third-order valence-electron chi connectivity index (χ3n) is 3.45. The van der Waals surface area contributed by atoms with Gasteiger partial charge in [-0.15, -0.1) is 6.58 Å². The number of urea groups is 1. The van der Waals surface area contributed by atoms with Crippen LogP contribution in [0.2, 0.25) is 0 Å². The Bertz CT molecular complexity index is 398. The second kappa shape index (κ2) is 9.12. The van der Waals surface area contributed by atoms with E-state index in [1.54, 1.807) is 0 Å². The van der Waals surface area contributed by atoms with Gasteiger partial charge in [-0.05, 0) is 25.8 Å². The number of aliphatic carboxylic acids is 1. The zero-order valence-corrected chi connectivity index (χ0v) is 12.1. The molecule has 3 N–H and O–H groups in total. The van der Waals surface area contributed by atoms with Crippen LogP contribution >= 0.6 is 0 Å². The molecule has 0 spiro atoms. The lowest BCUT2D eigenvalue weighted by Gasteiger charge is -2.34. The number of amides is 3. The number of hydrogen-bond donors (Lipinski definition) is 3. The first-order valence-electron chi connectivity index (χ1n) is 7.17. The van der Waals surface area contributed by atoms with Crippen molar-refractivity contribution in [2.24, 2.45) is 0 Å². The van der Waals surface area contributed by atoms with Crippen LogP contribution in [0.1, 0.15) is 32.1 Å². The van der Waals surface area contributed by atoms with Crippen molar-refractivity contribution in [1.29, 1.82) is 0 Å². The van der Waals surface area contributed by atoms with E-state index >= 15 is 0 Å². The number of hydrogen-bond acceptors (Lipinski definition) is 4. The first kappa shape index (κ1) is 17.2. The molecule has 0 bridgehead atoms. The number of imide groups is 1. The molecule has 0 aliphatic carbocycles. The summed E-state index contributed by atoms with van der Waals surface area (Å²) >= 11 is 0. The van der Waals surface area contributed by atoms with Gasteiger partial charge in [-0.3, -0.25) is 19.8 Å². The van der Waals surface area contributed by atoms with Gasteiger partial charge < -0.3 is 10.4 Å². The topological polar surface area (TPSA) is 98.7 Å². The lowest BCUT2D eigenvalue weighted by atomic mass is 9.98. The van der Waals surface area contributed by atoms with Crippen LogP contribution in [0.25, 0.3) is 0 Å². The number of carboxylic acids is 1. The van der Waals surface area contributed by atoms with Gasteiger partial charge in [-0.25, -0.2) is 4.79 Å². The zero-order valence-electron chi connectivity index (χ0n) is 12.1. The quantitative estimate of drug-likeness (QED) is 0.601. The Balaban J connectivity index is 2.41. The third-order valence-corrected chi connectivity index (χ3v) is 3.45. The van der Waals surface area contributed by atoms with E-state index in [2.05, 4.69) is 17.2 Å². The normalized spacial score (nSPS) is 18.8. The number of carbonyl (C=O) groups excluding carboxylic acids is 2. The van der Waals surface area contributed by atoms with Crippen molar-refractivity contribution >= 4 is 17.9 Å². The van der Waals surface area contributed by atoms with Crippen molar-refractivity contribution in [3.05, 3.63) is 12.7 Å². The van der Waals surface area contributed by atoms with Crippen molar-refractivity contribution in [2.75, 3.05) is 19.6 Å². The average molecular weight is 297 g/mol. The molecule has 1 unspecified atom stereocenters. The van der Waals surface area contributed by atoms with Crippen LogP contribution in [0.5, 0.6) is 0 Å². The highest BCUT2D eigenvalue weighted by molar-refractivity contribution is 5.95. The van der Waals surface area contributed by atoms with Crippen LogP contribution in [0.15, 0.2) is 12.7 Å². The Hall–Kier alpha value is -1.89. The first-order valence-corrected chi connectivity index (χ1v) is 7.17. The van der Waals surface area contributed by atoms with Crippen molar-refractivity contribution in [2.45, 2.75) is 38.1 Å². The summed E-state index contributed by atoms with van der Waals surface area (Å²) in [5.74, 6) is -1.20. The minimum absolute atomic E-state index is 0.0943. The van der Waals surface area contributed by atoms with E-state index in [1.807, 2.05) is 4.90 Å². The Morgan fingerprint density at radius 1 is 1.33 bits per heavy atom. The van der Waals surface area contributed by atoms with Crippen molar-refractivity contribution in [1.82, 2.24) is 15.5 Å². The van der Waals surface area contributed by atoms with Crippen LogP contribution in [0.4, 0.5) is 4.79 Å². The van der Waals surface area contributed by atoms with E-state index in [0.717, 1.165) is 25.8 Å². The summed E-state index contributed by atoms with van der Waals surface area (Å²) in [7, 11) is 0. The molecule has 1 atom stereocenters. The highest BCUT2D eigenvalue weighted by Gasteiger charge is 2.25. The fourth-order valence-corrected chi connectivity index (χ4v) is 2.44. The summed E-state index contributed by atoms with van der Waals surface area (Å²) in [5.41, 5.74) is 0. The molecule has 21 heavy (non-hydrogen) atoms. The van der Waals surface area contributed by atoms with Gasteiger partial charge in [0.05, 0.1) is 6.54 Å². The number of rotatable bonds is 7. The lowest BCUT2D eigenvalue weighted by molar-refractivity contribution is -0.137. The van der Waals surface area contributed by atoms with Crippen molar-refractivity contribution in [3.8, 4) is 0 Å². The van der Waals surface area contributed by atoms with Gasteiger partial charge in [-0.2, -0.15) is 0 Å². The molecule has 1 aliphatic rings. The Morgan fingerprint density at radius 2 is 2.10 bits per heavy atom. The van der Waals surface area contributed by atoms with Crippen molar-refractivity contribution in [3.63, 3.8) is 0 Å². The predicted molar refractivity (Wildman–Crippen MR) is 77.8 cm³/mol. The maximum absolute atomic E-state index is 11.8. The van der Waals surface area contributed by atoms with Gasteiger partial charge in [0.15, 0.2) is 0 Å². The minimum atomic E-state index is -0.825. The molecule has 1 saturated heterocycles. The number of carboxylic acid groups (broad SMARTS) is 1. The minimum Gasteiger partial charge on any atom is -0.481 e. The maximum Gasteiger partial charge on any atom is 0.321 e.